The average molecular weight is 258 g/mol. The van der Waals surface area contributed by atoms with Gasteiger partial charge >= 0.3 is 5.97 Å². The van der Waals surface area contributed by atoms with Crippen LogP contribution >= 0.6 is 0 Å². The highest BCUT2D eigenvalue weighted by atomic mass is 16.4. The van der Waals surface area contributed by atoms with E-state index in [1.54, 1.807) is 0 Å². The minimum atomic E-state index is -0.671. The zero-order chi connectivity index (χ0) is 14.2. The topological polar surface area (TPSA) is 43.8 Å². The molecule has 0 aromatic rings. The smallest absolute Gasteiger partial charge is 0.310 e. The third kappa shape index (κ3) is 6.36. The number of carboxylic acids is 1. The van der Waals surface area contributed by atoms with Crippen LogP contribution in [0.1, 0.15) is 40.0 Å². The largest absolute Gasteiger partial charge is 0.481 e. The minimum Gasteiger partial charge on any atom is -0.481 e. The molecule has 0 rings (SSSR count). The van der Waals surface area contributed by atoms with Crippen molar-refractivity contribution in [3.63, 3.8) is 0 Å². The Morgan fingerprint density at radius 3 is 2.22 bits per heavy atom. The third-order valence-corrected chi connectivity index (χ3v) is 3.42. The van der Waals surface area contributed by atoms with E-state index in [1.807, 2.05) is 13.8 Å². The first-order chi connectivity index (χ1) is 8.35. The average Bonchev–Trinajstić information content (AvgIpc) is 2.27. The quantitative estimate of drug-likeness (QED) is 0.652. The first-order valence-electron chi connectivity index (χ1n) is 6.96. The maximum absolute atomic E-state index is 11.4. The number of carbonyl (C=O) groups is 1. The zero-order valence-corrected chi connectivity index (χ0v) is 12.7. The summed E-state index contributed by atoms with van der Waals surface area (Å²) in [5.41, 5.74) is -0.608. The van der Waals surface area contributed by atoms with Crippen LogP contribution in [0.25, 0.3) is 0 Å². The van der Waals surface area contributed by atoms with E-state index in [1.165, 1.54) is 0 Å². The van der Waals surface area contributed by atoms with Crippen molar-refractivity contribution in [3.05, 3.63) is 0 Å². The van der Waals surface area contributed by atoms with Gasteiger partial charge in [0.25, 0.3) is 0 Å². The van der Waals surface area contributed by atoms with Crippen LogP contribution in [0.2, 0.25) is 0 Å². The van der Waals surface area contributed by atoms with Gasteiger partial charge < -0.3 is 14.9 Å². The standard InChI is InChI=1S/C14H30N2O2/c1-6-9-14(3,13(17)18)12-16(7-2)11-8-10-15(4)5/h6-12H2,1-5H3,(H,17,18). The fourth-order valence-corrected chi connectivity index (χ4v) is 2.26. The number of hydrogen-bond donors (Lipinski definition) is 1. The van der Waals surface area contributed by atoms with E-state index in [0.29, 0.717) is 6.54 Å². The summed E-state index contributed by atoms with van der Waals surface area (Å²) >= 11 is 0. The van der Waals surface area contributed by atoms with Gasteiger partial charge in [0, 0.05) is 6.54 Å². The van der Waals surface area contributed by atoms with E-state index in [4.69, 9.17) is 0 Å². The maximum Gasteiger partial charge on any atom is 0.310 e. The van der Waals surface area contributed by atoms with Crippen LogP contribution in [0.3, 0.4) is 0 Å². The highest BCUT2D eigenvalue weighted by Gasteiger charge is 2.33. The summed E-state index contributed by atoms with van der Waals surface area (Å²) in [6.45, 7) is 9.61. The molecule has 1 atom stereocenters. The lowest BCUT2D eigenvalue weighted by Gasteiger charge is -2.32. The Morgan fingerprint density at radius 2 is 1.83 bits per heavy atom. The molecule has 1 unspecified atom stereocenters. The summed E-state index contributed by atoms with van der Waals surface area (Å²) < 4.78 is 0. The Bertz CT molecular complexity index is 244. The predicted molar refractivity (Wildman–Crippen MR) is 75.9 cm³/mol. The van der Waals surface area contributed by atoms with Crippen LogP contribution in [-0.4, -0.2) is 61.2 Å². The fraction of sp³-hybridized carbons (Fsp3) is 0.929. The molecule has 4 nitrogen and oxygen atoms in total. The Morgan fingerprint density at radius 1 is 1.22 bits per heavy atom. The van der Waals surface area contributed by atoms with Crippen molar-refractivity contribution in [2.24, 2.45) is 5.41 Å². The lowest BCUT2D eigenvalue weighted by molar-refractivity contribution is -0.149. The third-order valence-electron chi connectivity index (χ3n) is 3.42. The zero-order valence-electron chi connectivity index (χ0n) is 12.7. The van der Waals surface area contributed by atoms with Gasteiger partial charge in [-0.1, -0.05) is 20.3 Å². The van der Waals surface area contributed by atoms with Crippen LogP contribution in [0, 0.1) is 5.41 Å². The Labute approximate surface area is 112 Å². The molecule has 4 heteroatoms. The molecule has 0 aliphatic heterocycles. The van der Waals surface area contributed by atoms with Gasteiger partial charge in [-0.15, -0.1) is 0 Å². The molecule has 1 N–H and O–H groups in total. The minimum absolute atomic E-state index is 0.608. The van der Waals surface area contributed by atoms with Crippen molar-refractivity contribution in [2.75, 3.05) is 40.3 Å². The molecule has 0 saturated heterocycles. The van der Waals surface area contributed by atoms with Gasteiger partial charge in [0.05, 0.1) is 5.41 Å². The number of aliphatic carboxylic acids is 1. The molecule has 108 valence electrons. The Balaban J connectivity index is 4.34. The summed E-state index contributed by atoms with van der Waals surface area (Å²) in [5, 5.41) is 9.39. The summed E-state index contributed by atoms with van der Waals surface area (Å²) in [6.07, 6.45) is 2.74. The monoisotopic (exact) mass is 258 g/mol. The molecule has 0 fully saturated rings. The van der Waals surface area contributed by atoms with Crippen molar-refractivity contribution < 1.29 is 9.90 Å². The van der Waals surface area contributed by atoms with Gasteiger partial charge in [0.15, 0.2) is 0 Å². The number of hydrogen-bond acceptors (Lipinski definition) is 3. The SMILES string of the molecule is CCCC(C)(CN(CC)CCCN(C)C)C(=O)O. The molecular formula is C14H30N2O2. The van der Waals surface area contributed by atoms with Gasteiger partial charge in [-0.3, -0.25) is 4.79 Å². The summed E-state index contributed by atoms with van der Waals surface area (Å²) in [5.74, 6) is -0.671. The second-order valence-electron chi connectivity index (χ2n) is 5.64. The normalized spacial score (nSPS) is 15.1. The molecule has 0 radical (unpaired) electrons. The molecule has 0 saturated carbocycles. The van der Waals surface area contributed by atoms with Gasteiger partial charge in [0.1, 0.15) is 0 Å². The van der Waals surface area contributed by atoms with E-state index in [9.17, 15) is 9.90 Å². The predicted octanol–water partition coefficient (Wildman–Crippen LogP) is 2.15. The van der Waals surface area contributed by atoms with Gasteiger partial charge in [-0.25, -0.2) is 0 Å². The van der Waals surface area contributed by atoms with Gasteiger partial charge in [-0.2, -0.15) is 0 Å². The molecule has 0 spiro atoms. The van der Waals surface area contributed by atoms with Crippen LogP contribution in [0.4, 0.5) is 0 Å². The highest BCUT2D eigenvalue weighted by Crippen LogP contribution is 2.25. The molecule has 0 aromatic carbocycles. The number of rotatable bonds is 10. The summed E-state index contributed by atoms with van der Waals surface area (Å²) in [6, 6.07) is 0. The second kappa shape index (κ2) is 8.48. The first kappa shape index (κ1) is 17.4. The van der Waals surface area contributed by atoms with E-state index in [-0.39, 0.29) is 0 Å². The van der Waals surface area contributed by atoms with Gasteiger partial charge in [-0.05, 0) is 53.5 Å². The first-order valence-corrected chi connectivity index (χ1v) is 6.96. The van der Waals surface area contributed by atoms with Crippen molar-refractivity contribution in [1.29, 1.82) is 0 Å². The van der Waals surface area contributed by atoms with Crippen molar-refractivity contribution >= 4 is 5.97 Å². The van der Waals surface area contributed by atoms with E-state index in [0.717, 1.165) is 38.9 Å². The molecule has 0 aromatic heterocycles. The van der Waals surface area contributed by atoms with Crippen molar-refractivity contribution in [1.82, 2.24) is 9.80 Å². The Hall–Kier alpha value is -0.610. The number of carboxylic acid groups (broad SMARTS) is 1. The van der Waals surface area contributed by atoms with E-state index < -0.39 is 11.4 Å². The van der Waals surface area contributed by atoms with Crippen LogP contribution in [-0.2, 0) is 4.79 Å². The Kier molecular flexibility index (Phi) is 8.20. The molecule has 0 amide bonds. The molecule has 18 heavy (non-hydrogen) atoms. The van der Waals surface area contributed by atoms with Crippen LogP contribution in [0.15, 0.2) is 0 Å². The molecule has 0 bridgehead atoms. The summed E-state index contributed by atoms with van der Waals surface area (Å²) in [7, 11) is 4.13. The van der Waals surface area contributed by atoms with E-state index in [2.05, 4.69) is 30.8 Å². The summed E-state index contributed by atoms with van der Waals surface area (Å²) in [4.78, 5) is 15.8. The highest BCUT2D eigenvalue weighted by molar-refractivity contribution is 5.74. The molecule has 0 aliphatic carbocycles. The lowest BCUT2D eigenvalue weighted by Crippen LogP contribution is -2.42. The van der Waals surface area contributed by atoms with Crippen LogP contribution < -0.4 is 0 Å². The van der Waals surface area contributed by atoms with Gasteiger partial charge in [0.2, 0.25) is 0 Å². The maximum atomic E-state index is 11.4. The van der Waals surface area contributed by atoms with Crippen LogP contribution in [0.5, 0.6) is 0 Å². The lowest BCUT2D eigenvalue weighted by atomic mass is 9.85. The fourth-order valence-electron chi connectivity index (χ4n) is 2.26. The van der Waals surface area contributed by atoms with Crippen molar-refractivity contribution in [3.8, 4) is 0 Å². The second-order valence-corrected chi connectivity index (χ2v) is 5.64. The molecule has 0 heterocycles. The molecule has 0 aliphatic rings. The van der Waals surface area contributed by atoms with Crippen molar-refractivity contribution in [2.45, 2.75) is 40.0 Å². The number of nitrogens with zero attached hydrogens (tertiary/aromatic N) is 2. The molecular weight excluding hydrogens is 228 g/mol. The van der Waals surface area contributed by atoms with E-state index >= 15 is 0 Å².